The molecule has 0 heterocycles. The number of hydrogen-bond donors (Lipinski definition) is 1. The summed E-state index contributed by atoms with van der Waals surface area (Å²) in [7, 11) is 1.32. The molecule has 1 aromatic carbocycles. The molecular weight excluding hydrogens is 268 g/mol. The van der Waals surface area contributed by atoms with Crippen molar-refractivity contribution >= 4 is 29.1 Å². The number of nitro groups is 1. The van der Waals surface area contributed by atoms with Crippen molar-refractivity contribution in [1.29, 1.82) is 0 Å². The molecule has 0 aliphatic carbocycles. The summed E-state index contributed by atoms with van der Waals surface area (Å²) in [5.74, 6) is 0.126. The summed E-state index contributed by atoms with van der Waals surface area (Å²) in [5.41, 5.74) is 0.551. The van der Waals surface area contributed by atoms with Gasteiger partial charge in [0.1, 0.15) is 5.69 Å². The predicted molar refractivity (Wildman–Crippen MR) is 74.6 cm³/mol. The first-order chi connectivity index (χ1) is 9.10. The molecule has 0 aliphatic rings. The van der Waals surface area contributed by atoms with E-state index in [0.29, 0.717) is 22.9 Å². The molecular formula is C12H16N2O4S. The molecule has 0 unspecified atom stereocenters. The number of para-hydroxylation sites is 1. The quantitative estimate of drug-likeness (QED) is 0.359. The SMILES string of the molecule is CCNc1cccc(SCCC(=O)OC)c1[N+](=O)[O-]. The standard InChI is InChI=1S/C12H16N2O4S/c1-3-13-9-5-4-6-10(12(9)14(16)17)19-8-7-11(15)18-2/h4-6,13H,3,7-8H2,1-2H3. The summed E-state index contributed by atoms with van der Waals surface area (Å²) in [6, 6.07) is 5.11. The van der Waals surface area contributed by atoms with Crippen LogP contribution >= 0.6 is 11.8 Å². The zero-order valence-electron chi connectivity index (χ0n) is 10.8. The monoisotopic (exact) mass is 284 g/mol. The fourth-order valence-electron chi connectivity index (χ4n) is 1.51. The van der Waals surface area contributed by atoms with Gasteiger partial charge in [-0.2, -0.15) is 0 Å². The maximum absolute atomic E-state index is 11.1. The highest BCUT2D eigenvalue weighted by Gasteiger charge is 2.19. The van der Waals surface area contributed by atoms with E-state index in [4.69, 9.17) is 0 Å². The second-order valence-corrected chi connectivity index (χ2v) is 4.75. The molecule has 0 fully saturated rings. The van der Waals surface area contributed by atoms with Crippen LogP contribution < -0.4 is 5.32 Å². The highest BCUT2D eigenvalue weighted by atomic mass is 32.2. The Labute approximate surface area is 115 Å². The number of anilines is 1. The maximum Gasteiger partial charge on any atom is 0.306 e. The highest BCUT2D eigenvalue weighted by Crippen LogP contribution is 2.35. The lowest BCUT2D eigenvalue weighted by molar-refractivity contribution is -0.386. The van der Waals surface area contributed by atoms with E-state index in [1.165, 1.54) is 18.9 Å². The minimum atomic E-state index is -0.404. The molecule has 7 heteroatoms. The molecule has 0 aliphatic heterocycles. The van der Waals surface area contributed by atoms with Crippen LogP contribution in [0.1, 0.15) is 13.3 Å². The van der Waals surface area contributed by atoms with Gasteiger partial charge in [-0.3, -0.25) is 14.9 Å². The van der Waals surface area contributed by atoms with E-state index < -0.39 is 4.92 Å². The Bertz CT molecular complexity index is 465. The number of hydrogen-bond acceptors (Lipinski definition) is 6. The van der Waals surface area contributed by atoms with Crippen LogP contribution in [0.5, 0.6) is 0 Å². The van der Waals surface area contributed by atoms with Gasteiger partial charge >= 0.3 is 11.7 Å². The van der Waals surface area contributed by atoms with Crippen molar-refractivity contribution in [3.63, 3.8) is 0 Å². The average Bonchev–Trinajstić information content (AvgIpc) is 2.38. The number of thioether (sulfide) groups is 1. The third-order valence-corrected chi connectivity index (χ3v) is 3.39. The van der Waals surface area contributed by atoms with Crippen LogP contribution in [0.3, 0.4) is 0 Å². The van der Waals surface area contributed by atoms with Gasteiger partial charge in [-0.15, -0.1) is 11.8 Å². The summed E-state index contributed by atoms with van der Waals surface area (Å²) in [6.07, 6.45) is 0.226. The lowest BCUT2D eigenvalue weighted by atomic mass is 10.2. The first-order valence-corrected chi connectivity index (χ1v) is 6.79. The minimum absolute atomic E-state index is 0.0548. The Morgan fingerprint density at radius 2 is 2.26 bits per heavy atom. The van der Waals surface area contributed by atoms with Crippen molar-refractivity contribution in [3.05, 3.63) is 28.3 Å². The van der Waals surface area contributed by atoms with Crippen LogP contribution in [0.25, 0.3) is 0 Å². The van der Waals surface area contributed by atoms with E-state index >= 15 is 0 Å². The highest BCUT2D eigenvalue weighted by molar-refractivity contribution is 7.99. The number of methoxy groups -OCH3 is 1. The number of carbonyl (C=O) groups is 1. The first kappa shape index (κ1) is 15.3. The first-order valence-electron chi connectivity index (χ1n) is 5.81. The molecule has 0 spiro atoms. The van der Waals surface area contributed by atoms with Gasteiger partial charge in [-0.25, -0.2) is 0 Å². The Morgan fingerprint density at radius 3 is 2.84 bits per heavy atom. The smallest absolute Gasteiger partial charge is 0.306 e. The number of nitrogens with zero attached hydrogens (tertiary/aromatic N) is 1. The third kappa shape index (κ3) is 4.44. The summed E-state index contributed by atoms with van der Waals surface area (Å²) in [4.78, 5) is 22.3. The summed E-state index contributed by atoms with van der Waals surface area (Å²) in [6.45, 7) is 2.48. The number of ether oxygens (including phenoxy) is 1. The Morgan fingerprint density at radius 1 is 1.53 bits per heavy atom. The number of rotatable bonds is 7. The third-order valence-electron chi connectivity index (χ3n) is 2.34. The molecule has 0 bridgehead atoms. The van der Waals surface area contributed by atoms with E-state index in [9.17, 15) is 14.9 Å². The van der Waals surface area contributed by atoms with Crippen LogP contribution in [0.15, 0.2) is 23.1 Å². The minimum Gasteiger partial charge on any atom is -0.469 e. The van der Waals surface area contributed by atoms with Crippen molar-refractivity contribution in [2.24, 2.45) is 0 Å². The van der Waals surface area contributed by atoms with Crippen LogP contribution in [-0.2, 0) is 9.53 Å². The Kier molecular flexibility index (Phi) is 6.14. The molecule has 6 nitrogen and oxygen atoms in total. The van der Waals surface area contributed by atoms with Crippen LogP contribution in [0.4, 0.5) is 11.4 Å². The van der Waals surface area contributed by atoms with Crippen molar-refractivity contribution in [2.45, 2.75) is 18.2 Å². The lowest BCUT2D eigenvalue weighted by Crippen LogP contribution is -2.03. The maximum atomic E-state index is 11.1. The van der Waals surface area contributed by atoms with Gasteiger partial charge in [-0.1, -0.05) is 6.07 Å². The zero-order chi connectivity index (χ0) is 14.3. The van der Waals surface area contributed by atoms with E-state index in [2.05, 4.69) is 10.1 Å². The fourth-order valence-corrected chi connectivity index (χ4v) is 2.49. The molecule has 0 amide bonds. The summed E-state index contributed by atoms with van der Waals surface area (Å²) < 4.78 is 4.53. The number of benzene rings is 1. The second-order valence-electron chi connectivity index (χ2n) is 3.61. The predicted octanol–water partition coefficient (Wildman–Crippen LogP) is 2.68. The van der Waals surface area contributed by atoms with Crippen molar-refractivity contribution < 1.29 is 14.5 Å². The lowest BCUT2D eigenvalue weighted by Gasteiger charge is -2.08. The molecule has 0 saturated carbocycles. The van der Waals surface area contributed by atoms with Crippen molar-refractivity contribution in [3.8, 4) is 0 Å². The topological polar surface area (TPSA) is 81.5 Å². The number of nitro benzene ring substituents is 1. The van der Waals surface area contributed by atoms with E-state index in [1.807, 2.05) is 6.92 Å². The molecule has 19 heavy (non-hydrogen) atoms. The van der Waals surface area contributed by atoms with Crippen LogP contribution in [0, 0.1) is 10.1 Å². The molecule has 0 aromatic heterocycles. The number of nitrogens with one attached hydrogen (secondary N) is 1. The molecule has 0 atom stereocenters. The molecule has 1 N–H and O–H groups in total. The van der Waals surface area contributed by atoms with Crippen LogP contribution in [-0.4, -0.2) is 30.3 Å². The van der Waals surface area contributed by atoms with Crippen molar-refractivity contribution in [2.75, 3.05) is 24.7 Å². The van der Waals surface area contributed by atoms with Gasteiger partial charge in [-0.05, 0) is 19.1 Å². The normalized spacial score (nSPS) is 10.0. The molecule has 1 rings (SSSR count). The molecule has 0 saturated heterocycles. The molecule has 1 aromatic rings. The van der Waals surface area contributed by atoms with Gasteiger partial charge in [0.05, 0.1) is 23.3 Å². The van der Waals surface area contributed by atoms with Gasteiger partial charge in [0.2, 0.25) is 0 Å². The van der Waals surface area contributed by atoms with Crippen molar-refractivity contribution in [1.82, 2.24) is 0 Å². The van der Waals surface area contributed by atoms with Gasteiger partial charge in [0.25, 0.3) is 0 Å². The summed E-state index contributed by atoms with van der Waals surface area (Å²) in [5, 5.41) is 14.1. The fraction of sp³-hybridized carbons (Fsp3) is 0.417. The van der Waals surface area contributed by atoms with Crippen LogP contribution in [0.2, 0.25) is 0 Å². The Hall–Kier alpha value is -1.76. The van der Waals surface area contributed by atoms with Gasteiger partial charge < -0.3 is 10.1 Å². The second kappa shape index (κ2) is 7.63. The number of carbonyl (C=O) groups excluding carboxylic acids is 1. The Balaban J connectivity index is 2.84. The van der Waals surface area contributed by atoms with Gasteiger partial charge in [0, 0.05) is 12.3 Å². The largest absolute Gasteiger partial charge is 0.469 e. The van der Waals surface area contributed by atoms with E-state index in [1.54, 1.807) is 18.2 Å². The number of esters is 1. The zero-order valence-corrected chi connectivity index (χ0v) is 11.7. The molecule has 104 valence electrons. The summed E-state index contributed by atoms with van der Waals surface area (Å²) >= 11 is 1.28. The van der Waals surface area contributed by atoms with E-state index in [-0.39, 0.29) is 18.1 Å². The molecule has 0 radical (unpaired) electrons. The average molecular weight is 284 g/mol. The van der Waals surface area contributed by atoms with E-state index in [0.717, 1.165) is 0 Å². The van der Waals surface area contributed by atoms with Gasteiger partial charge in [0.15, 0.2) is 0 Å².